The zero-order chi connectivity index (χ0) is 14.1. The van der Waals surface area contributed by atoms with E-state index in [1.54, 1.807) is 0 Å². The summed E-state index contributed by atoms with van der Waals surface area (Å²) in [4.78, 5) is 11.2. The summed E-state index contributed by atoms with van der Waals surface area (Å²) < 4.78 is 36.5. The van der Waals surface area contributed by atoms with Crippen LogP contribution in [0.1, 0.15) is 17.3 Å². The second-order valence-corrected chi connectivity index (χ2v) is 5.06. The second-order valence-electron chi connectivity index (χ2n) is 3.67. The number of ether oxygens (including phenoxy) is 1. The van der Waals surface area contributed by atoms with E-state index >= 15 is 0 Å². The van der Waals surface area contributed by atoms with Gasteiger partial charge in [-0.3, -0.25) is 9.35 Å². The summed E-state index contributed by atoms with van der Waals surface area (Å²) in [6, 6.07) is 2.33. The summed E-state index contributed by atoms with van der Waals surface area (Å²) in [6.07, 6.45) is 0. The maximum absolute atomic E-state index is 11.8. The molecule has 0 bridgehead atoms. The number of carbonyl (C=O) groups is 1. The van der Waals surface area contributed by atoms with Crippen LogP contribution in [0.2, 0.25) is 0 Å². The molecule has 0 fully saturated rings. The topological polar surface area (TPSA) is 107 Å². The molecule has 1 rings (SSSR count). The Bertz CT molecular complexity index is 619. The molecule has 0 aliphatic heterocycles. The van der Waals surface area contributed by atoms with Crippen LogP contribution in [0.15, 0.2) is 29.2 Å². The van der Waals surface area contributed by atoms with Gasteiger partial charge in [0.2, 0.25) is 0 Å². The molecule has 0 unspecified atom stereocenters. The number of nitrogen functional groups attached to an aromatic ring is 1. The number of hydrogen-bond acceptors (Lipinski definition) is 5. The maximum Gasteiger partial charge on any atom is 0.295 e. The lowest BCUT2D eigenvalue weighted by Gasteiger charge is -2.11. The number of ketones is 1. The lowest BCUT2D eigenvalue weighted by Crippen LogP contribution is -2.12. The SMILES string of the molecule is C=C(C)C(=O)c1c(N)cc(OC)cc1S(=O)(=O)O. The maximum atomic E-state index is 11.8. The van der Waals surface area contributed by atoms with Gasteiger partial charge in [-0.05, 0) is 12.5 Å². The first kappa shape index (κ1) is 14.2. The van der Waals surface area contributed by atoms with Crippen molar-refractivity contribution < 1.29 is 22.5 Å². The van der Waals surface area contributed by atoms with Crippen molar-refractivity contribution in [1.82, 2.24) is 0 Å². The first-order valence-corrected chi connectivity index (χ1v) is 6.27. The molecule has 3 N–H and O–H groups in total. The van der Waals surface area contributed by atoms with Crippen molar-refractivity contribution >= 4 is 21.6 Å². The first-order chi connectivity index (χ1) is 8.18. The molecule has 0 amide bonds. The fourth-order valence-corrected chi connectivity index (χ4v) is 2.12. The smallest absolute Gasteiger partial charge is 0.295 e. The zero-order valence-electron chi connectivity index (χ0n) is 9.93. The van der Waals surface area contributed by atoms with Gasteiger partial charge in [-0.2, -0.15) is 8.42 Å². The minimum atomic E-state index is -4.59. The van der Waals surface area contributed by atoms with Crippen LogP contribution >= 0.6 is 0 Å². The molecule has 98 valence electrons. The van der Waals surface area contributed by atoms with Crippen LogP contribution in [0.5, 0.6) is 5.75 Å². The van der Waals surface area contributed by atoms with Gasteiger partial charge < -0.3 is 10.5 Å². The highest BCUT2D eigenvalue weighted by Gasteiger charge is 2.24. The summed E-state index contributed by atoms with van der Waals surface area (Å²) >= 11 is 0. The summed E-state index contributed by atoms with van der Waals surface area (Å²) in [5.74, 6) is -0.527. The number of benzene rings is 1. The monoisotopic (exact) mass is 271 g/mol. The van der Waals surface area contributed by atoms with Crippen molar-refractivity contribution in [2.45, 2.75) is 11.8 Å². The predicted molar refractivity (Wildman–Crippen MR) is 66.4 cm³/mol. The van der Waals surface area contributed by atoms with Crippen LogP contribution in [0.4, 0.5) is 5.69 Å². The highest BCUT2D eigenvalue weighted by molar-refractivity contribution is 7.86. The third-order valence-corrected chi connectivity index (χ3v) is 3.11. The number of nitrogens with two attached hydrogens (primary N) is 1. The number of methoxy groups -OCH3 is 1. The molecular weight excluding hydrogens is 258 g/mol. The Morgan fingerprint density at radius 2 is 2.00 bits per heavy atom. The van der Waals surface area contributed by atoms with E-state index in [1.807, 2.05) is 0 Å². The third-order valence-electron chi connectivity index (χ3n) is 2.23. The van der Waals surface area contributed by atoms with Crippen molar-refractivity contribution in [3.8, 4) is 5.75 Å². The largest absolute Gasteiger partial charge is 0.497 e. The molecule has 0 saturated carbocycles. The standard InChI is InChI=1S/C11H13NO5S/c1-6(2)11(13)10-8(12)4-7(17-3)5-9(10)18(14,15)16/h4-5H,1,12H2,2-3H3,(H,14,15,16). The average Bonchev–Trinajstić information content (AvgIpc) is 2.25. The van der Waals surface area contributed by atoms with Crippen molar-refractivity contribution in [1.29, 1.82) is 0 Å². The second kappa shape index (κ2) is 4.79. The summed E-state index contributed by atoms with van der Waals surface area (Å²) in [7, 11) is -3.28. The normalized spacial score (nSPS) is 11.1. The van der Waals surface area contributed by atoms with E-state index in [-0.39, 0.29) is 22.6 Å². The molecule has 0 saturated heterocycles. The molecule has 0 aliphatic rings. The van der Waals surface area contributed by atoms with E-state index in [1.165, 1.54) is 20.1 Å². The average molecular weight is 271 g/mol. The number of Topliss-reactive ketones (excluding diaryl/α,β-unsaturated/α-hetero) is 1. The van der Waals surface area contributed by atoms with Gasteiger partial charge in [0.1, 0.15) is 10.6 Å². The van der Waals surface area contributed by atoms with Gasteiger partial charge in [0.15, 0.2) is 5.78 Å². The Kier molecular flexibility index (Phi) is 3.78. The molecule has 0 heterocycles. The Hall–Kier alpha value is -1.86. The minimum Gasteiger partial charge on any atom is -0.497 e. The summed E-state index contributed by atoms with van der Waals surface area (Å²) in [5, 5.41) is 0. The van der Waals surface area contributed by atoms with Crippen LogP contribution in [-0.4, -0.2) is 25.9 Å². The van der Waals surface area contributed by atoms with Gasteiger partial charge in [-0.25, -0.2) is 0 Å². The van der Waals surface area contributed by atoms with Crippen molar-refractivity contribution in [3.63, 3.8) is 0 Å². The van der Waals surface area contributed by atoms with E-state index in [0.717, 1.165) is 6.07 Å². The molecule has 7 heteroatoms. The van der Waals surface area contributed by atoms with E-state index in [4.69, 9.17) is 15.0 Å². The van der Waals surface area contributed by atoms with Gasteiger partial charge in [0.25, 0.3) is 10.1 Å². The quantitative estimate of drug-likeness (QED) is 0.370. The zero-order valence-corrected chi connectivity index (χ0v) is 10.7. The van der Waals surface area contributed by atoms with Crippen LogP contribution in [0.3, 0.4) is 0 Å². The van der Waals surface area contributed by atoms with Gasteiger partial charge >= 0.3 is 0 Å². The first-order valence-electron chi connectivity index (χ1n) is 4.83. The van der Waals surface area contributed by atoms with Crippen molar-refractivity contribution in [3.05, 3.63) is 29.8 Å². The predicted octanol–water partition coefficient (Wildman–Crippen LogP) is 1.28. The van der Waals surface area contributed by atoms with E-state index in [9.17, 15) is 13.2 Å². The Balaban J connectivity index is 3.69. The summed E-state index contributed by atoms with van der Waals surface area (Å²) in [6.45, 7) is 4.84. The van der Waals surface area contributed by atoms with E-state index in [2.05, 4.69) is 6.58 Å². The molecule has 1 aromatic rings. The van der Waals surface area contributed by atoms with Crippen LogP contribution in [0.25, 0.3) is 0 Å². The Morgan fingerprint density at radius 3 is 2.39 bits per heavy atom. The van der Waals surface area contributed by atoms with Gasteiger partial charge in [-0.15, -0.1) is 0 Å². The Morgan fingerprint density at radius 1 is 1.44 bits per heavy atom. The number of allylic oxidation sites excluding steroid dienone is 1. The van der Waals surface area contributed by atoms with Gasteiger partial charge in [0.05, 0.1) is 12.7 Å². The van der Waals surface area contributed by atoms with Crippen LogP contribution < -0.4 is 10.5 Å². The molecule has 0 atom stereocenters. The highest BCUT2D eigenvalue weighted by Crippen LogP contribution is 2.29. The van der Waals surface area contributed by atoms with Crippen molar-refractivity contribution in [2.75, 3.05) is 12.8 Å². The number of anilines is 1. The van der Waals surface area contributed by atoms with Gasteiger partial charge in [0, 0.05) is 17.8 Å². The van der Waals surface area contributed by atoms with Crippen LogP contribution in [0, 0.1) is 0 Å². The van der Waals surface area contributed by atoms with Crippen LogP contribution in [-0.2, 0) is 10.1 Å². The summed E-state index contributed by atoms with van der Waals surface area (Å²) in [5.41, 5.74) is 5.32. The van der Waals surface area contributed by atoms with E-state index in [0.29, 0.717) is 0 Å². The number of hydrogen-bond donors (Lipinski definition) is 2. The third kappa shape index (κ3) is 2.69. The number of carbonyl (C=O) groups excluding carboxylic acids is 1. The molecular formula is C11H13NO5S. The highest BCUT2D eigenvalue weighted by atomic mass is 32.2. The molecule has 0 aliphatic carbocycles. The molecule has 1 aromatic carbocycles. The molecule has 6 nitrogen and oxygen atoms in total. The Labute approximate surface area is 105 Å². The number of rotatable bonds is 4. The lowest BCUT2D eigenvalue weighted by atomic mass is 10.0. The van der Waals surface area contributed by atoms with Gasteiger partial charge in [-0.1, -0.05) is 6.58 Å². The lowest BCUT2D eigenvalue weighted by molar-refractivity contribution is 0.103. The molecule has 0 aromatic heterocycles. The minimum absolute atomic E-state index is 0.102. The fraction of sp³-hybridized carbons (Fsp3) is 0.182. The van der Waals surface area contributed by atoms with E-state index < -0.39 is 20.8 Å². The van der Waals surface area contributed by atoms with Crippen molar-refractivity contribution in [2.24, 2.45) is 0 Å². The molecule has 18 heavy (non-hydrogen) atoms. The molecule has 0 radical (unpaired) electrons. The fourth-order valence-electron chi connectivity index (χ4n) is 1.39. The molecule has 0 spiro atoms.